The van der Waals surface area contributed by atoms with Crippen molar-refractivity contribution in [3.05, 3.63) is 28.8 Å². The summed E-state index contributed by atoms with van der Waals surface area (Å²) < 4.78 is 28.8. The topological polar surface area (TPSA) is 98.8 Å². The molecule has 4 aliphatic rings. The smallest absolute Gasteiger partial charge is 0.265 e. The first-order valence-electron chi connectivity index (χ1n) is 9.11. The number of carbonyl (C=O) groups is 4. The maximum Gasteiger partial charge on any atom is 0.265 e. The molecule has 28 heavy (non-hydrogen) atoms. The van der Waals surface area contributed by atoms with E-state index in [1.54, 1.807) is 0 Å². The maximum atomic E-state index is 14.5. The number of piperidine rings is 2. The Morgan fingerprint density at radius 1 is 1.00 bits per heavy atom. The molecule has 8 nitrogen and oxygen atoms in total. The first-order chi connectivity index (χ1) is 13.4. The summed E-state index contributed by atoms with van der Waals surface area (Å²) in [5, 5.41) is 5.29. The van der Waals surface area contributed by atoms with Crippen LogP contribution in [0.25, 0.3) is 0 Å². The molecular formula is C18H16F2N4O4. The highest BCUT2D eigenvalue weighted by molar-refractivity contribution is 6.25. The summed E-state index contributed by atoms with van der Waals surface area (Å²) in [5.74, 6) is -5.78. The van der Waals surface area contributed by atoms with Crippen LogP contribution in [0.4, 0.5) is 14.5 Å². The van der Waals surface area contributed by atoms with Gasteiger partial charge in [0.15, 0.2) is 11.6 Å². The number of carbonyl (C=O) groups excluding carboxylic acids is 4. The van der Waals surface area contributed by atoms with Crippen LogP contribution in [0.5, 0.6) is 0 Å². The van der Waals surface area contributed by atoms with Gasteiger partial charge < -0.3 is 10.2 Å². The van der Waals surface area contributed by atoms with Crippen LogP contribution in [0.1, 0.15) is 40.0 Å². The monoisotopic (exact) mass is 390 g/mol. The van der Waals surface area contributed by atoms with Crippen molar-refractivity contribution in [3.63, 3.8) is 0 Å². The Morgan fingerprint density at radius 3 is 2.32 bits per heavy atom. The molecule has 3 fully saturated rings. The van der Waals surface area contributed by atoms with Crippen LogP contribution in [0, 0.1) is 11.6 Å². The molecule has 146 valence electrons. The van der Waals surface area contributed by atoms with Crippen LogP contribution < -0.4 is 15.5 Å². The Morgan fingerprint density at radius 2 is 1.68 bits per heavy atom. The van der Waals surface area contributed by atoms with Crippen LogP contribution in [0.2, 0.25) is 0 Å². The van der Waals surface area contributed by atoms with Crippen molar-refractivity contribution in [2.75, 3.05) is 18.0 Å². The standard InChI is InChI=1S/C18H16F2N4O4/c19-9-4-11(23-7-3-8(23)6-21-5-7)13-14(15(9)20)18(28)24(17(13)27)10-1-2-12(25)22-16(10)26/h4,7-8,10,21H,1-3,5-6H2,(H,22,25,26). The predicted molar refractivity (Wildman–Crippen MR) is 90.6 cm³/mol. The number of fused-ring (bicyclic) bond motifs is 3. The largest absolute Gasteiger partial charge is 0.362 e. The van der Waals surface area contributed by atoms with Gasteiger partial charge in [-0.25, -0.2) is 8.78 Å². The summed E-state index contributed by atoms with van der Waals surface area (Å²) in [6.45, 7) is 1.28. The highest BCUT2D eigenvalue weighted by atomic mass is 19.2. The number of hydrogen-bond donors (Lipinski definition) is 2. The van der Waals surface area contributed by atoms with Gasteiger partial charge in [0.25, 0.3) is 11.8 Å². The van der Waals surface area contributed by atoms with Crippen molar-refractivity contribution in [3.8, 4) is 0 Å². The minimum absolute atomic E-state index is 0.0280. The second-order valence-corrected chi connectivity index (χ2v) is 7.50. The van der Waals surface area contributed by atoms with Gasteiger partial charge in [0, 0.05) is 37.7 Å². The van der Waals surface area contributed by atoms with Crippen molar-refractivity contribution in [2.24, 2.45) is 0 Å². The lowest BCUT2D eigenvalue weighted by molar-refractivity contribution is -0.136. The zero-order chi connectivity index (χ0) is 19.7. The van der Waals surface area contributed by atoms with Crippen molar-refractivity contribution in [2.45, 2.75) is 37.4 Å². The number of anilines is 1. The third-order valence-electron chi connectivity index (χ3n) is 5.95. The number of rotatable bonds is 2. The molecule has 3 saturated heterocycles. The average Bonchev–Trinajstić information content (AvgIpc) is 2.91. The number of hydrogen-bond acceptors (Lipinski definition) is 6. The molecular weight excluding hydrogens is 374 g/mol. The van der Waals surface area contributed by atoms with Gasteiger partial charge in [-0.3, -0.25) is 29.4 Å². The Bertz CT molecular complexity index is 951. The predicted octanol–water partition coefficient (Wildman–Crippen LogP) is -0.0835. The second kappa shape index (κ2) is 5.81. The number of halogens is 2. The molecule has 0 aliphatic carbocycles. The van der Waals surface area contributed by atoms with E-state index in [9.17, 15) is 28.0 Å². The molecule has 1 aromatic rings. The highest BCUT2D eigenvalue weighted by Crippen LogP contribution is 2.42. The van der Waals surface area contributed by atoms with Crippen LogP contribution in [-0.2, 0) is 9.59 Å². The zero-order valence-corrected chi connectivity index (χ0v) is 14.6. The first kappa shape index (κ1) is 17.2. The van der Waals surface area contributed by atoms with E-state index >= 15 is 0 Å². The summed E-state index contributed by atoms with van der Waals surface area (Å²) >= 11 is 0. The third-order valence-corrected chi connectivity index (χ3v) is 5.95. The first-order valence-corrected chi connectivity index (χ1v) is 9.11. The molecule has 0 saturated carbocycles. The van der Waals surface area contributed by atoms with Crippen molar-refractivity contribution in [1.82, 2.24) is 15.5 Å². The summed E-state index contributed by atoms with van der Waals surface area (Å²) in [6, 6.07) is -0.212. The Labute approximate surface area is 157 Å². The summed E-state index contributed by atoms with van der Waals surface area (Å²) in [4.78, 5) is 52.0. The average molecular weight is 390 g/mol. The number of nitrogens with one attached hydrogen (secondary N) is 2. The number of piperazine rings is 1. The van der Waals surface area contributed by atoms with E-state index in [4.69, 9.17) is 0 Å². The molecule has 2 bridgehead atoms. The minimum atomic E-state index is -1.39. The molecule has 10 heteroatoms. The van der Waals surface area contributed by atoms with E-state index in [2.05, 4.69) is 10.6 Å². The maximum absolute atomic E-state index is 14.5. The van der Waals surface area contributed by atoms with E-state index in [1.807, 2.05) is 4.90 Å². The molecule has 4 amide bonds. The molecule has 2 N–H and O–H groups in total. The number of nitrogens with zero attached hydrogens (tertiary/aromatic N) is 2. The van der Waals surface area contributed by atoms with Crippen LogP contribution >= 0.6 is 0 Å². The zero-order valence-electron chi connectivity index (χ0n) is 14.6. The molecule has 1 aromatic carbocycles. The molecule has 4 aliphatic heterocycles. The molecule has 3 atom stereocenters. The highest BCUT2D eigenvalue weighted by Gasteiger charge is 2.51. The second-order valence-electron chi connectivity index (χ2n) is 7.50. The number of amides is 4. The molecule has 5 rings (SSSR count). The van der Waals surface area contributed by atoms with Gasteiger partial charge in [-0.2, -0.15) is 0 Å². The third kappa shape index (κ3) is 2.17. The molecule has 4 heterocycles. The Hall–Kier alpha value is -2.88. The van der Waals surface area contributed by atoms with Crippen molar-refractivity contribution < 1.29 is 28.0 Å². The van der Waals surface area contributed by atoms with Crippen LogP contribution in [-0.4, -0.2) is 59.7 Å². The molecule has 0 spiro atoms. The van der Waals surface area contributed by atoms with Gasteiger partial charge in [0.1, 0.15) is 6.04 Å². The van der Waals surface area contributed by atoms with Crippen LogP contribution in [0.15, 0.2) is 6.07 Å². The summed E-state index contributed by atoms with van der Waals surface area (Å²) in [5.41, 5.74) is -0.655. The van der Waals surface area contributed by atoms with E-state index in [0.29, 0.717) is 18.0 Å². The molecule has 0 aromatic heterocycles. The van der Waals surface area contributed by atoms with Gasteiger partial charge in [-0.1, -0.05) is 0 Å². The van der Waals surface area contributed by atoms with E-state index in [1.165, 1.54) is 0 Å². The van der Waals surface area contributed by atoms with Gasteiger partial charge in [-0.15, -0.1) is 0 Å². The van der Waals surface area contributed by atoms with Gasteiger partial charge in [-0.05, 0) is 12.8 Å². The number of benzene rings is 1. The lowest BCUT2D eigenvalue weighted by Crippen LogP contribution is -2.68. The Kier molecular flexibility index (Phi) is 3.57. The Balaban J connectivity index is 1.60. The van der Waals surface area contributed by atoms with Crippen molar-refractivity contribution >= 4 is 29.3 Å². The van der Waals surface area contributed by atoms with Gasteiger partial charge in [0.2, 0.25) is 11.8 Å². The number of imide groups is 2. The fourth-order valence-corrected chi connectivity index (χ4v) is 4.65. The van der Waals surface area contributed by atoms with Gasteiger partial charge in [0.05, 0.1) is 16.8 Å². The van der Waals surface area contributed by atoms with Gasteiger partial charge >= 0.3 is 0 Å². The normalized spacial score (nSPS) is 29.0. The van der Waals surface area contributed by atoms with E-state index in [0.717, 1.165) is 12.5 Å². The molecule has 0 radical (unpaired) electrons. The van der Waals surface area contributed by atoms with E-state index in [-0.39, 0.29) is 36.2 Å². The van der Waals surface area contributed by atoms with Crippen LogP contribution in [0.3, 0.4) is 0 Å². The quantitative estimate of drug-likeness (QED) is 0.686. The van der Waals surface area contributed by atoms with E-state index < -0.39 is 46.9 Å². The fourth-order valence-electron chi connectivity index (χ4n) is 4.65. The fraction of sp³-hybridized carbons (Fsp3) is 0.444. The molecule has 3 unspecified atom stereocenters. The lowest BCUT2D eigenvalue weighted by atomic mass is 9.86. The summed E-state index contributed by atoms with van der Waals surface area (Å²) in [7, 11) is 0. The minimum Gasteiger partial charge on any atom is -0.362 e. The summed E-state index contributed by atoms with van der Waals surface area (Å²) in [6.07, 6.45) is 0.768. The SMILES string of the molecule is O=C1CCC(N2C(=O)c3c(N4C5CNCC4C5)cc(F)c(F)c3C2=O)C(=O)N1. The van der Waals surface area contributed by atoms with Crippen molar-refractivity contribution in [1.29, 1.82) is 0 Å². The lowest BCUT2D eigenvalue weighted by Gasteiger charge is -2.55.